The molecule has 2 aliphatic rings. The number of nitrogens with zero attached hydrogens (tertiary/aromatic N) is 1. The first-order chi connectivity index (χ1) is 16.9. The van der Waals surface area contributed by atoms with E-state index in [1.807, 2.05) is 31.2 Å². The average Bonchev–Trinajstić information content (AvgIpc) is 3.18. The number of ether oxygens (including phenoxy) is 1. The number of rotatable bonds is 8. The highest BCUT2D eigenvalue weighted by molar-refractivity contribution is 5.81. The van der Waals surface area contributed by atoms with E-state index in [0.717, 1.165) is 28.7 Å². The molecule has 1 aliphatic carbocycles. The Morgan fingerprint density at radius 2 is 1.69 bits per heavy atom. The maximum Gasteiger partial charge on any atom is 0.407 e. The highest BCUT2D eigenvalue weighted by Crippen LogP contribution is 2.44. The number of aliphatic hydroxyl groups excluding tert-OH is 1. The highest BCUT2D eigenvalue weighted by Gasteiger charge is 2.35. The minimum absolute atomic E-state index is 0.0518. The molecule has 2 amide bonds. The van der Waals surface area contributed by atoms with Gasteiger partial charge in [-0.15, -0.1) is 0 Å². The van der Waals surface area contributed by atoms with Crippen molar-refractivity contribution in [3.8, 4) is 11.1 Å². The lowest BCUT2D eigenvalue weighted by molar-refractivity contribution is -0.150. The molecule has 0 radical (unpaired) electrons. The number of hydrogen-bond acceptors (Lipinski definition) is 5. The van der Waals surface area contributed by atoms with E-state index in [4.69, 9.17) is 4.74 Å². The van der Waals surface area contributed by atoms with Crippen LogP contribution in [0.2, 0.25) is 0 Å². The molecule has 1 aliphatic heterocycles. The van der Waals surface area contributed by atoms with Crippen LogP contribution in [0, 0.1) is 11.8 Å². The van der Waals surface area contributed by atoms with Crippen molar-refractivity contribution >= 4 is 18.0 Å². The number of hydrogen-bond donors (Lipinski definition) is 3. The SMILES string of the molecule is CCCC(CNC(=O)OCC1c2ccccc2-c2ccccc21)C(=O)N1CC(O)CC(C(=O)O)C1. The summed E-state index contributed by atoms with van der Waals surface area (Å²) in [4.78, 5) is 38.4. The molecule has 3 unspecified atom stereocenters. The molecule has 1 heterocycles. The lowest BCUT2D eigenvalue weighted by atomic mass is 9.93. The van der Waals surface area contributed by atoms with Gasteiger partial charge in [-0.2, -0.15) is 0 Å². The van der Waals surface area contributed by atoms with E-state index in [9.17, 15) is 24.6 Å². The molecule has 2 aromatic rings. The second kappa shape index (κ2) is 10.9. The number of carboxylic acid groups (broad SMARTS) is 1. The number of carboxylic acids is 1. The third kappa shape index (κ3) is 5.48. The number of piperidine rings is 1. The molecule has 35 heavy (non-hydrogen) atoms. The van der Waals surface area contributed by atoms with Crippen molar-refractivity contribution < 1.29 is 29.3 Å². The Kier molecular flexibility index (Phi) is 7.70. The summed E-state index contributed by atoms with van der Waals surface area (Å²) in [7, 11) is 0. The number of carbonyl (C=O) groups is 3. The molecule has 0 saturated carbocycles. The Balaban J connectivity index is 1.35. The van der Waals surface area contributed by atoms with Crippen LogP contribution in [-0.2, 0) is 14.3 Å². The normalized spacial score (nSPS) is 20.0. The van der Waals surface area contributed by atoms with Crippen molar-refractivity contribution in [1.29, 1.82) is 0 Å². The van der Waals surface area contributed by atoms with Crippen LogP contribution in [0.15, 0.2) is 48.5 Å². The zero-order valence-electron chi connectivity index (χ0n) is 19.9. The van der Waals surface area contributed by atoms with Gasteiger partial charge in [0, 0.05) is 25.6 Å². The molecule has 0 aromatic heterocycles. The Labute approximate surface area is 204 Å². The Hall–Kier alpha value is -3.39. The second-order valence-corrected chi connectivity index (χ2v) is 9.36. The molecule has 3 atom stereocenters. The van der Waals surface area contributed by atoms with Crippen LogP contribution in [0.3, 0.4) is 0 Å². The topological polar surface area (TPSA) is 116 Å². The fraction of sp³-hybridized carbons (Fsp3) is 0.444. The van der Waals surface area contributed by atoms with Crippen LogP contribution < -0.4 is 5.32 Å². The predicted octanol–water partition coefficient (Wildman–Crippen LogP) is 3.24. The molecule has 8 nitrogen and oxygen atoms in total. The largest absolute Gasteiger partial charge is 0.481 e. The summed E-state index contributed by atoms with van der Waals surface area (Å²) in [6, 6.07) is 16.2. The average molecular weight is 481 g/mol. The monoisotopic (exact) mass is 480 g/mol. The van der Waals surface area contributed by atoms with Crippen molar-refractivity contribution in [2.75, 3.05) is 26.2 Å². The molecule has 0 spiro atoms. The minimum atomic E-state index is -1.02. The zero-order valence-corrected chi connectivity index (χ0v) is 19.9. The van der Waals surface area contributed by atoms with E-state index < -0.39 is 30.0 Å². The number of amides is 2. The maximum absolute atomic E-state index is 13.1. The molecule has 4 rings (SSSR count). The van der Waals surface area contributed by atoms with E-state index in [2.05, 4.69) is 29.6 Å². The summed E-state index contributed by atoms with van der Waals surface area (Å²) in [6.07, 6.45) is -0.0711. The predicted molar refractivity (Wildman–Crippen MR) is 130 cm³/mol. The molecule has 8 heteroatoms. The zero-order chi connectivity index (χ0) is 24.9. The highest BCUT2D eigenvalue weighted by atomic mass is 16.5. The van der Waals surface area contributed by atoms with Crippen LogP contribution in [0.1, 0.15) is 43.2 Å². The summed E-state index contributed by atoms with van der Waals surface area (Å²) in [5, 5.41) is 22.1. The van der Waals surface area contributed by atoms with E-state index in [1.165, 1.54) is 4.90 Å². The van der Waals surface area contributed by atoms with Crippen molar-refractivity contribution in [1.82, 2.24) is 10.2 Å². The lowest BCUT2D eigenvalue weighted by Crippen LogP contribution is -2.51. The number of aliphatic carboxylic acids is 1. The van der Waals surface area contributed by atoms with Crippen molar-refractivity contribution in [2.24, 2.45) is 11.8 Å². The van der Waals surface area contributed by atoms with Crippen LogP contribution in [-0.4, -0.2) is 65.4 Å². The fourth-order valence-corrected chi connectivity index (χ4v) is 5.21. The Morgan fingerprint density at radius 3 is 2.29 bits per heavy atom. The van der Waals surface area contributed by atoms with Crippen molar-refractivity contribution in [3.05, 3.63) is 59.7 Å². The number of aliphatic hydroxyl groups is 1. The molecule has 3 N–H and O–H groups in total. The first-order valence-electron chi connectivity index (χ1n) is 12.2. The number of carbonyl (C=O) groups excluding carboxylic acids is 2. The molecule has 1 saturated heterocycles. The van der Waals surface area contributed by atoms with Crippen molar-refractivity contribution in [2.45, 2.75) is 38.2 Å². The fourth-order valence-electron chi connectivity index (χ4n) is 5.21. The molecule has 0 bridgehead atoms. The number of benzene rings is 2. The second-order valence-electron chi connectivity index (χ2n) is 9.36. The third-order valence-electron chi connectivity index (χ3n) is 6.91. The molecular formula is C27H32N2O6. The summed E-state index contributed by atoms with van der Waals surface area (Å²) in [6.45, 7) is 2.39. The number of nitrogens with one attached hydrogen (secondary N) is 1. The molecular weight excluding hydrogens is 448 g/mol. The van der Waals surface area contributed by atoms with Gasteiger partial charge >= 0.3 is 12.1 Å². The Morgan fingerprint density at radius 1 is 1.06 bits per heavy atom. The van der Waals surface area contributed by atoms with Crippen molar-refractivity contribution in [3.63, 3.8) is 0 Å². The van der Waals surface area contributed by atoms with E-state index in [0.29, 0.717) is 6.42 Å². The summed E-state index contributed by atoms with van der Waals surface area (Å²) < 4.78 is 5.57. The van der Waals surface area contributed by atoms with Crippen LogP contribution in [0.5, 0.6) is 0 Å². The van der Waals surface area contributed by atoms with Gasteiger partial charge in [-0.3, -0.25) is 9.59 Å². The van der Waals surface area contributed by atoms with E-state index in [-0.39, 0.29) is 44.5 Å². The minimum Gasteiger partial charge on any atom is -0.481 e. The van der Waals surface area contributed by atoms with Gasteiger partial charge in [0.1, 0.15) is 6.61 Å². The first kappa shape index (κ1) is 24.7. The van der Waals surface area contributed by atoms with Gasteiger partial charge in [0.15, 0.2) is 0 Å². The van der Waals surface area contributed by atoms with Gasteiger partial charge < -0.3 is 25.2 Å². The van der Waals surface area contributed by atoms with Crippen LogP contribution in [0.25, 0.3) is 11.1 Å². The smallest absolute Gasteiger partial charge is 0.407 e. The van der Waals surface area contributed by atoms with Gasteiger partial charge in [0.05, 0.1) is 17.9 Å². The summed E-state index contributed by atoms with van der Waals surface area (Å²) in [5.74, 6) is -2.63. The van der Waals surface area contributed by atoms with Gasteiger partial charge in [0.25, 0.3) is 0 Å². The molecule has 1 fully saturated rings. The van der Waals surface area contributed by atoms with E-state index >= 15 is 0 Å². The van der Waals surface area contributed by atoms with Gasteiger partial charge in [-0.1, -0.05) is 61.9 Å². The van der Waals surface area contributed by atoms with Gasteiger partial charge in [-0.05, 0) is 35.1 Å². The Bertz CT molecular complexity index is 1040. The number of β-amino-alcohol motifs (C(OH)–C–C–N with tert-alkyl or cyclic N) is 1. The lowest BCUT2D eigenvalue weighted by Gasteiger charge is -2.36. The first-order valence-corrected chi connectivity index (χ1v) is 12.2. The number of alkyl carbamates (subject to hydrolysis) is 1. The molecule has 2 aromatic carbocycles. The van der Waals surface area contributed by atoms with Gasteiger partial charge in [0.2, 0.25) is 5.91 Å². The van der Waals surface area contributed by atoms with Crippen LogP contribution >= 0.6 is 0 Å². The number of fused-ring (bicyclic) bond motifs is 3. The standard InChI is InChI=1S/C27H32N2O6/c1-2-7-17(25(31)29-14-18(26(32)33)12-19(30)15-29)13-28-27(34)35-16-24-22-10-5-3-8-20(22)21-9-4-6-11-23(21)24/h3-6,8-11,17-19,24,30H,2,7,12-16H2,1H3,(H,28,34)(H,32,33). The summed E-state index contributed by atoms with van der Waals surface area (Å²) >= 11 is 0. The number of likely N-dealkylation sites (tertiary alicyclic amines) is 1. The quantitative estimate of drug-likeness (QED) is 0.534. The van der Waals surface area contributed by atoms with E-state index in [1.54, 1.807) is 0 Å². The summed E-state index contributed by atoms with van der Waals surface area (Å²) in [5.41, 5.74) is 4.54. The van der Waals surface area contributed by atoms with Gasteiger partial charge in [-0.25, -0.2) is 4.79 Å². The molecule has 186 valence electrons. The maximum atomic E-state index is 13.1. The third-order valence-corrected chi connectivity index (χ3v) is 6.91. The van der Waals surface area contributed by atoms with Crippen LogP contribution in [0.4, 0.5) is 4.79 Å².